The molecule has 1 N–H and O–H groups in total. The van der Waals surface area contributed by atoms with Crippen LogP contribution >= 0.6 is 7.14 Å². The van der Waals surface area contributed by atoms with Gasteiger partial charge < -0.3 is 9.67 Å². The van der Waals surface area contributed by atoms with E-state index in [1.807, 2.05) is 68.4 Å². The average Bonchev–Trinajstić information content (AvgIpc) is 2.56. The normalized spacial score (nSPS) is 11.4. The van der Waals surface area contributed by atoms with E-state index in [2.05, 4.69) is 0 Å². The molecule has 23 heavy (non-hydrogen) atoms. The maximum Gasteiger partial charge on any atom is 0.174 e. The van der Waals surface area contributed by atoms with Crippen LogP contribution in [0, 0.1) is 13.8 Å². The predicted octanol–water partition coefficient (Wildman–Crippen LogP) is 3.65. The van der Waals surface area contributed by atoms with E-state index in [0.29, 0.717) is 5.30 Å². The summed E-state index contributed by atoms with van der Waals surface area (Å²) in [5.41, 5.74) is 2.22. The van der Waals surface area contributed by atoms with Gasteiger partial charge in [0.2, 0.25) is 0 Å². The smallest absolute Gasteiger partial charge is 0.174 e. The molecule has 0 aromatic heterocycles. The van der Waals surface area contributed by atoms with Gasteiger partial charge in [0, 0.05) is 10.6 Å². The van der Waals surface area contributed by atoms with Crippen LogP contribution in [-0.4, -0.2) is 5.11 Å². The van der Waals surface area contributed by atoms with Crippen LogP contribution in [0.15, 0.2) is 72.8 Å². The molecule has 0 unspecified atom stereocenters. The molecule has 0 spiro atoms. The molecule has 3 rings (SSSR count). The van der Waals surface area contributed by atoms with Gasteiger partial charge >= 0.3 is 0 Å². The SMILES string of the molecule is Cc1ccc(P(=O)(c2ccc(C)cc2)c2ccccc2O)cc1. The molecule has 3 aromatic rings. The zero-order valence-corrected chi connectivity index (χ0v) is 14.1. The highest BCUT2D eigenvalue weighted by Crippen LogP contribution is 2.44. The van der Waals surface area contributed by atoms with Gasteiger partial charge in [-0.3, -0.25) is 0 Å². The summed E-state index contributed by atoms with van der Waals surface area (Å²) >= 11 is 0. The number of phenols is 1. The molecule has 0 aliphatic rings. The van der Waals surface area contributed by atoms with Crippen molar-refractivity contribution < 1.29 is 9.67 Å². The first-order valence-corrected chi connectivity index (χ1v) is 9.25. The summed E-state index contributed by atoms with van der Waals surface area (Å²) in [7, 11) is -3.10. The zero-order valence-electron chi connectivity index (χ0n) is 13.2. The Morgan fingerprint density at radius 1 is 0.696 bits per heavy atom. The third kappa shape index (κ3) is 2.83. The molecule has 0 radical (unpaired) electrons. The molecule has 0 aliphatic heterocycles. The maximum atomic E-state index is 14.1. The Hall–Kier alpha value is -2.31. The van der Waals surface area contributed by atoms with Crippen LogP contribution in [-0.2, 0) is 4.57 Å². The molecule has 3 heteroatoms. The molecule has 0 saturated heterocycles. The number of phenolic OH excluding ortho intramolecular Hbond substituents is 1. The van der Waals surface area contributed by atoms with E-state index in [4.69, 9.17) is 0 Å². The molecule has 0 amide bonds. The van der Waals surface area contributed by atoms with E-state index in [1.165, 1.54) is 0 Å². The highest BCUT2D eigenvalue weighted by atomic mass is 31.2. The van der Waals surface area contributed by atoms with Crippen LogP contribution in [0.2, 0.25) is 0 Å². The number of hydrogen-bond acceptors (Lipinski definition) is 2. The van der Waals surface area contributed by atoms with Crippen molar-refractivity contribution in [1.29, 1.82) is 0 Å². The first-order chi connectivity index (χ1) is 11.0. The molecule has 0 heterocycles. The second-order valence-electron chi connectivity index (χ2n) is 5.77. The Morgan fingerprint density at radius 2 is 1.13 bits per heavy atom. The van der Waals surface area contributed by atoms with Crippen molar-refractivity contribution in [3.05, 3.63) is 83.9 Å². The van der Waals surface area contributed by atoms with E-state index in [9.17, 15) is 9.67 Å². The standard InChI is InChI=1S/C20H19O2P/c1-15-7-11-17(12-8-15)23(22,18-13-9-16(2)10-14-18)20-6-4-3-5-19(20)21/h3-14,21H,1-2H3. The first-order valence-electron chi connectivity index (χ1n) is 7.55. The molecule has 0 saturated carbocycles. The van der Waals surface area contributed by atoms with Gasteiger partial charge in [0.05, 0.1) is 5.30 Å². The lowest BCUT2D eigenvalue weighted by Crippen LogP contribution is -2.25. The van der Waals surface area contributed by atoms with Gasteiger partial charge in [0.25, 0.3) is 0 Å². The third-order valence-electron chi connectivity index (χ3n) is 4.02. The lowest BCUT2D eigenvalue weighted by molar-refractivity contribution is 0.479. The summed E-state index contributed by atoms with van der Waals surface area (Å²) in [5, 5.41) is 12.2. The second kappa shape index (κ2) is 6.06. The lowest BCUT2D eigenvalue weighted by atomic mass is 10.2. The van der Waals surface area contributed by atoms with E-state index in [-0.39, 0.29) is 5.75 Å². The molecule has 2 nitrogen and oxygen atoms in total. The predicted molar refractivity (Wildman–Crippen MR) is 97.0 cm³/mol. The van der Waals surface area contributed by atoms with Crippen molar-refractivity contribution in [2.45, 2.75) is 13.8 Å². The molecule has 116 valence electrons. The van der Waals surface area contributed by atoms with Crippen LogP contribution in [0.25, 0.3) is 0 Å². The van der Waals surface area contributed by atoms with Gasteiger partial charge in [0.15, 0.2) is 7.14 Å². The van der Waals surface area contributed by atoms with Crippen molar-refractivity contribution in [2.24, 2.45) is 0 Å². The van der Waals surface area contributed by atoms with Crippen molar-refractivity contribution in [3.8, 4) is 5.75 Å². The first kappa shape index (κ1) is 15.6. The fourth-order valence-corrected chi connectivity index (χ4v) is 5.35. The van der Waals surface area contributed by atoms with Crippen molar-refractivity contribution >= 4 is 23.1 Å². The highest BCUT2D eigenvalue weighted by molar-refractivity contribution is 7.85. The fraction of sp³-hybridized carbons (Fsp3) is 0.100. The topological polar surface area (TPSA) is 37.3 Å². The molecule has 0 fully saturated rings. The Morgan fingerprint density at radius 3 is 1.57 bits per heavy atom. The molecular formula is C20H19O2P. The lowest BCUT2D eigenvalue weighted by Gasteiger charge is -2.21. The zero-order chi connectivity index (χ0) is 16.4. The van der Waals surface area contributed by atoms with E-state index < -0.39 is 7.14 Å². The summed E-state index contributed by atoms with van der Waals surface area (Å²) in [4.78, 5) is 0. The summed E-state index contributed by atoms with van der Waals surface area (Å²) in [5.74, 6) is 0.0667. The summed E-state index contributed by atoms with van der Waals surface area (Å²) in [6.45, 7) is 4.00. The number of benzene rings is 3. The summed E-state index contributed by atoms with van der Waals surface area (Å²) < 4.78 is 14.1. The van der Waals surface area contributed by atoms with E-state index in [0.717, 1.165) is 21.7 Å². The number of para-hydroxylation sites is 1. The number of aromatic hydroxyl groups is 1. The van der Waals surface area contributed by atoms with Gasteiger partial charge in [-0.25, -0.2) is 0 Å². The summed E-state index contributed by atoms with van der Waals surface area (Å²) in [6.07, 6.45) is 0. The van der Waals surface area contributed by atoms with Gasteiger partial charge in [-0.1, -0.05) is 71.8 Å². The van der Waals surface area contributed by atoms with Crippen molar-refractivity contribution in [1.82, 2.24) is 0 Å². The summed E-state index contributed by atoms with van der Waals surface area (Å²) in [6, 6.07) is 22.3. The van der Waals surface area contributed by atoms with Gasteiger partial charge in [-0.15, -0.1) is 0 Å². The van der Waals surface area contributed by atoms with Crippen molar-refractivity contribution in [2.75, 3.05) is 0 Å². The van der Waals surface area contributed by atoms with E-state index >= 15 is 0 Å². The Balaban J connectivity index is 2.29. The second-order valence-corrected chi connectivity index (χ2v) is 8.50. The minimum Gasteiger partial charge on any atom is -0.507 e. The maximum absolute atomic E-state index is 14.1. The van der Waals surface area contributed by atoms with Crippen molar-refractivity contribution in [3.63, 3.8) is 0 Å². The van der Waals surface area contributed by atoms with Crippen LogP contribution < -0.4 is 15.9 Å². The highest BCUT2D eigenvalue weighted by Gasteiger charge is 2.31. The van der Waals surface area contributed by atoms with Crippen LogP contribution in [0.5, 0.6) is 5.75 Å². The molecule has 0 bridgehead atoms. The number of aryl methyl sites for hydroxylation is 2. The van der Waals surface area contributed by atoms with E-state index in [1.54, 1.807) is 18.2 Å². The van der Waals surface area contributed by atoms with Gasteiger partial charge in [-0.2, -0.15) is 0 Å². The molecule has 0 atom stereocenters. The number of hydrogen-bond donors (Lipinski definition) is 1. The Kier molecular flexibility index (Phi) is 4.11. The molecular weight excluding hydrogens is 303 g/mol. The fourth-order valence-electron chi connectivity index (χ4n) is 2.67. The minimum atomic E-state index is -3.10. The van der Waals surface area contributed by atoms with Crippen LogP contribution in [0.3, 0.4) is 0 Å². The molecule has 3 aromatic carbocycles. The van der Waals surface area contributed by atoms with Crippen LogP contribution in [0.4, 0.5) is 0 Å². The Labute approximate surface area is 136 Å². The Bertz CT molecular complexity index is 815. The third-order valence-corrected chi connectivity index (χ3v) is 7.12. The molecule has 0 aliphatic carbocycles. The minimum absolute atomic E-state index is 0.0667. The average molecular weight is 322 g/mol. The monoisotopic (exact) mass is 322 g/mol. The van der Waals surface area contributed by atoms with Gasteiger partial charge in [0.1, 0.15) is 5.75 Å². The quantitative estimate of drug-likeness (QED) is 0.748. The van der Waals surface area contributed by atoms with Crippen LogP contribution in [0.1, 0.15) is 11.1 Å². The number of rotatable bonds is 3. The largest absolute Gasteiger partial charge is 0.507 e. The van der Waals surface area contributed by atoms with Gasteiger partial charge in [-0.05, 0) is 26.0 Å².